The Kier molecular flexibility index (Phi) is 15.0. The molecule has 0 spiro atoms. The monoisotopic (exact) mass is 653 g/mol. The molecule has 0 saturated heterocycles. The molecule has 0 atom stereocenters. The molecule has 0 radical (unpaired) electrons. The van der Waals surface area contributed by atoms with Gasteiger partial charge in [-0.15, -0.1) is 9.81 Å². The van der Waals surface area contributed by atoms with Crippen LogP contribution in [0.1, 0.15) is 22.3 Å². The van der Waals surface area contributed by atoms with Gasteiger partial charge in [0, 0.05) is 22.3 Å². The second-order valence-electron chi connectivity index (χ2n) is 7.37. The number of nitrogens with one attached hydrogen (secondary N) is 2. The molecule has 0 unspecified atom stereocenters. The van der Waals surface area contributed by atoms with Crippen molar-refractivity contribution in [3.05, 3.63) is 153 Å². The Balaban J connectivity index is 0.000000249. The molecule has 0 bridgehead atoms. The van der Waals surface area contributed by atoms with Crippen LogP contribution in [0.2, 0.25) is 0 Å². The fraction of sp³-hybridized carbons (Fsp3) is 0. The van der Waals surface area contributed by atoms with Crippen LogP contribution in [0.25, 0.3) is 22.8 Å². The second kappa shape index (κ2) is 18.5. The van der Waals surface area contributed by atoms with Crippen molar-refractivity contribution in [3.63, 3.8) is 0 Å². The number of nitrogens with zero attached hydrogens (tertiary/aromatic N) is 2. The molecule has 39 heavy (non-hydrogen) atoms. The molecule has 4 rings (SSSR count). The zero-order valence-electron chi connectivity index (χ0n) is 20.2. The van der Waals surface area contributed by atoms with Crippen LogP contribution in [0.4, 0.5) is 0 Å². The Morgan fingerprint density at radius 2 is 0.744 bits per heavy atom. The molecule has 4 aromatic carbocycles. The third-order valence-electron chi connectivity index (χ3n) is 5.10. The second-order valence-corrected chi connectivity index (χ2v) is 9.85. The van der Waals surface area contributed by atoms with Crippen molar-refractivity contribution < 1.29 is 25.6 Å². The molecule has 0 saturated carbocycles. The summed E-state index contributed by atoms with van der Waals surface area (Å²) < 4.78 is 0. The van der Waals surface area contributed by atoms with Crippen LogP contribution in [0, 0.1) is 9.81 Å². The molecule has 0 aliphatic heterocycles. The van der Waals surface area contributed by atoms with Gasteiger partial charge in [0.2, 0.25) is 0 Å². The molecule has 11 heteroatoms. The third kappa shape index (κ3) is 9.83. The molecule has 0 aromatic heterocycles. The van der Waals surface area contributed by atoms with E-state index >= 15 is 0 Å². The first-order valence-corrected chi connectivity index (χ1v) is 15.4. The van der Waals surface area contributed by atoms with Gasteiger partial charge in [-0.3, -0.25) is 21.4 Å². The molecule has 0 aliphatic carbocycles. The Morgan fingerprint density at radius 3 is 0.949 bits per heavy atom. The molecule has 4 N–H and O–H groups in total. The predicted molar refractivity (Wildman–Crippen MR) is 153 cm³/mol. The van der Waals surface area contributed by atoms with Crippen molar-refractivity contribution in [3.8, 4) is 0 Å². The molecule has 8 nitrogen and oxygen atoms in total. The molecular weight excluding hydrogens is 630 g/mol. The summed E-state index contributed by atoms with van der Waals surface area (Å²) in [5.74, 6) is 0. The molecule has 0 amide bonds. The first kappa shape index (κ1) is 31.5. The van der Waals surface area contributed by atoms with E-state index in [9.17, 15) is 20.2 Å². The maximum atomic E-state index is 11.0. The Hall–Kier alpha value is -3.72. The van der Waals surface area contributed by atoms with Crippen LogP contribution in [0.15, 0.2) is 132 Å². The number of hydroxylamine groups is 2. The van der Waals surface area contributed by atoms with Gasteiger partial charge < -0.3 is 0 Å². The molecular formula is C28H24Cl2N4O4Rh. The van der Waals surface area contributed by atoms with Gasteiger partial charge in [0.15, 0.2) is 0 Å². The summed E-state index contributed by atoms with van der Waals surface area (Å²) in [6, 6.07) is 36.1. The fourth-order valence-corrected chi connectivity index (χ4v) is 3.40. The fourth-order valence-electron chi connectivity index (χ4n) is 3.40. The van der Waals surface area contributed by atoms with Gasteiger partial charge in [0.05, 0.1) is 11.4 Å². The van der Waals surface area contributed by atoms with E-state index < -0.39 is 0 Å². The first-order chi connectivity index (χ1) is 19.1. The van der Waals surface area contributed by atoms with Crippen molar-refractivity contribution >= 4 is 42.2 Å². The van der Waals surface area contributed by atoms with Crippen LogP contribution in [-0.2, 0) is 15.1 Å². The van der Waals surface area contributed by atoms with Gasteiger partial charge in [-0.2, -0.15) is 0 Å². The zero-order valence-corrected chi connectivity index (χ0v) is 23.4. The average Bonchev–Trinajstić information content (AvgIpc) is 3.01. The zero-order chi connectivity index (χ0) is 28.3. The Morgan fingerprint density at radius 1 is 0.513 bits per heavy atom. The minimum absolute atomic E-state index is 0.171. The van der Waals surface area contributed by atoms with Crippen molar-refractivity contribution in [2.75, 3.05) is 0 Å². The van der Waals surface area contributed by atoms with Crippen LogP contribution >= 0.6 is 19.4 Å². The third-order valence-corrected chi connectivity index (χ3v) is 5.10. The normalized spacial score (nSPS) is 11.3. The Bertz CT molecular complexity index is 1240. The van der Waals surface area contributed by atoms with Gasteiger partial charge in [0.25, 0.3) is 0 Å². The number of hydrogen-bond acceptors (Lipinski definition) is 8. The van der Waals surface area contributed by atoms with E-state index in [1.807, 2.05) is 48.5 Å². The van der Waals surface area contributed by atoms with Gasteiger partial charge in [0.1, 0.15) is 11.4 Å². The van der Waals surface area contributed by atoms with Gasteiger partial charge >= 0.3 is 34.5 Å². The standard InChI is InChI=1S/2C14H12N2O2.2ClH.Rh/c2*17-15-13(11-7-3-1-4-8-11)14(16-18)12-9-5-2-6-10-12;;;/h2*1-10,15,17H;2*1H;/q;;;;+2/p-2/b2*14-13-;;;. The van der Waals surface area contributed by atoms with E-state index in [1.165, 1.54) is 0 Å². The number of hydrogen-bond donors (Lipinski definition) is 4. The molecule has 0 fully saturated rings. The van der Waals surface area contributed by atoms with E-state index in [0.717, 1.165) is 0 Å². The Labute approximate surface area is 241 Å². The van der Waals surface area contributed by atoms with Gasteiger partial charge in [-0.25, -0.2) is 0 Å². The molecule has 0 heterocycles. The SMILES string of the molecule is O=N/C(=C(\NO)c1ccccc1)c1ccccc1.O=N/C(=C(\NO)c1ccccc1)c1ccccc1.[Cl][Rh][Cl]. The van der Waals surface area contributed by atoms with Crippen molar-refractivity contribution in [2.24, 2.45) is 10.4 Å². The van der Waals surface area contributed by atoms with E-state index in [-0.39, 0.29) is 37.9 Å². The van der Waals surface area contributed by atoms with Crippen LogP contribution < -0.4 is 11.0 Å². The van der Waals surface area contributed by atoms with Crippen LogP contribution in [0.5, 0.6) is 0 Å². The van der Waals surface area contributed by atoms with Crippen LogP contribution in [0.3, 0.4) is 0 Å². The molecule has 4 aromatic rings. The van der Waals surface area contributed by atoms with Gasteiger partial charge in [-0.1, -0.05) is 121 Å². The average molecular weight is 654 g/mol. The summed E-state index contributed by atoms with van der Waals surface area (Å²) in [5.41, 5.74) is 7.70. The van der Waals surface area contributed by atoms with E-state index in [4.69, 9.17) is 19.4 Å². The van der Waals surface area contributed by atoms with Crippen molar-refractivity contribution in [1.29, 1.82) is 0 Å². The van der Waals surface area contributed by atoms with Crippen molar-refractivity contribution in [2.45, 2.75) is 0 Å². The molecule has 203 valence electrons. The number of nitroso groups, excluding NO2 is 2. The quantitative estimate of drug-likeness (QED) is 0.0664. The van der Waals surface area contributed by atoms with Crippen molar-refractivity contribution in [1.82, 2.24) is 11.0 Å². The summed E-state index contributed by atoms with van der Waals surface area (Å²) in [4.78, 5) is 22.0. The van der Waals surface area contributed by atoms with Gasteiger partial charge in [-0.05, 0) is 10.4 Å². The summed E-state index contributed by atoms with van der Waals surface area (Å²) in [5, 5.41) is 24.5. The minimum atomic E-state index is -0.226. The topological polar surface area (TPSA) is 123 Å². The number of halogens is 2. The number of rotatable bonds is 8. The van der Waals surface area contributed by atoms with E-state index in [2.05, 4.69) is 21.3 Å². The summed E-state index contributed by atoms with van der Waals surface area (Å²) in [6.45, 7) is 0. The first-order valence-electron chi connectivity index (χ1n) is 11.2. The van der Waals surface area contributed by atoms with Crippen LogP contribution in [-0.4, -0.2) is 10.4 Å². The maximum absolute atomic E-state index is 11.0. The summed E-state index contributed by atoms with van der Waals surface area (Å²) in [7, 11) is 9.67. The summed E-state index contributed by atoms with van der Waals surface area (Å²) >= 11 is -0.226. The number of benzene rings is 4. The molecule has 0 aliphatic rings. The summed E-state index contributed by atoms with van der Waals surface area (Å²) in [6.07, 6.45) is 0. The van der Waals surface area contributed by atoms with E-state index in [1.54, 1.807) is 72.8 Å². The van der Waals surface area contributed by atoms with E-state index in [0.29, 0.717) is 22.3 Å². The predicted octanol–water partition coefficient (Wildman–Crippen LogP) is 7.89.